The molecule has 0 aromatic rings. The van der Waals surface area contributed by atoms with Gasteiger partial charge in [-0.15, -0.1) is 13.2 Å². The number of fused-ring (bicyclic) bond motifs is 3. The molecule has 0 aliphatic heterocycles. The second-order valence-corrected chi connectivity index (χ2v) is 15.4. The standard InChI is InChI=1S/C34H60/c1-11-14-28-21-26(23-32(6,7)8)31-29-18-17-27(16-13-12-15-24(2)3)33(29,9)20-19-30(31)34(28,10)22-25(4)5/h11,24,26-31H,1,4,12-23H2,2-3,5-10H3. The van der Waals surface area contributed by atoms with Crippen LogP contribution in [0, 0.1) is 57.7 Å². The Kier molecular flexibility index (Phi) is 8.95. The molecule has 0 bridgehead atoms. The molecule has 0 heteroatoms. The molecule has 34 heavy (non-hydrogen) atoms. The van der Waals surface area contributed by atoms with Crippen LogP contribution in [0.15, 0.2) is 24.8 Å². The lowest BCUT2D eigenvalue weighted by Gasteiger charge is -2.62. The van der Waals surface area contributed by atoms with E-state index in [1.165, 1.54) is 82.6 Å². The first-order valence-corrected chi connectivity index (χ1v) is 15.1. The first-order valence-electron chi connectivity index (χ1n) is 15.1. The fraction of sp³-hybridized carbons (Fsp3) is 0.882. The van der Waals surface area contributed by atoms with Gasteiger partial charge in [0, 0.05) is 0 Å². The number of unbranched alkanes of at least 4 members (excludes halogenated alkanes) is 1. The monoisotopic (exact) mass is 468 g/mol. The lowest BCUT2D eigenvalue weighted by atomic mass is 9.42. The highest BCUT2D eigenvalue weighted by molar-refractivity contribution is 5.13. The van der Waals surface area contributed by atoms with Crippen LogP contribution in [0.4, 0.5) is 0 Å². The first-order chi connectivity index (χ1) is 15.8. The van der Waals surface area contributed by atoms with E-state index in [4.69, 9.17) is 0 Å². The average Bonchev–Trinajstić information content (AvgIpc) is 3.03. The Morgan fingerprint density at radius 2 is 1.74 bits per heavy atom. The molecule has 3 aliphatic carbocycles. The highest BCUT2D eigenvalue weighted by Gasteiger charge is 2.61. The van der Waals surface area contributed by atoms with Crippen LogP contribution in [-0.4, -0.2) is 0 Å². The van der Waals surface area contributed by atoms with E-state index in [9.17, 15) is 0 Å². The minimum Gasteiger partial charge on any atom is -0.103 e. The van der Waals surface area contributed by atoms with Gasteiger partial charge in [-0.1, -0.05) is 79.4 Å². The highest BCUT2D eigenvalue weighted by atomic mass is 14.7. The lowest BCUT2D eigenvalue weighted by molar-refractivity contribution is -0.131. The topological polar surface area (TPSA) is 0 Å². The van der Waals surface area contributed by atoms with Crippen molar-refractivity contribution in [3.05, 3.63) is 24.8 Å². The van der Waals surface area contributed by atoms with E-state index in [0.29, 0.717) is 16.2 Å². The third-order valence-electron chi connectivity index (χ3n) is 11.0. The Morgan fingerprint density at radius 1 is 1.03 bits per heavy atom. The maximum Gasteiger partial charge on any atom is -0.0226 e. The molecule has 0 N–H and O–H groups in total. The Labute approximate surface area is 214 Å². The summed E-state index contributed by atoms with van der Waals surface area (Å²) in [7, 11) is 0. The number of hydrogen-bond donors (Lipinski definition) is 0. The molecule has 0 aromatic heterocycles. The Balaban J connectivity index is 1.90. The normalized spacial score (nSPS) is 40.1. The smallest absolute Gasteiger partial charge is 0.0226 e. The maximum atomic E-state index is 4.43. The van der Waals surface area contributed by atoms with Crippen molar-refractivity contribution in [2.45, 2.75) is 132 Å². The van der Waals surface area contributed by atoms with Gasteiger partial charge in [0.2, 0.25) is 0 Å². The maximum absolute atomic E-state index is 4.43. The van der Waals surface area contributed by atoms with Gasteiger partial charge in [-0.3, -0.25) is 0 Å². The molecule has 0 saturated heterocycles. The van der Waals surface area contributed by atoms with Gasteiger partial charge >= 0.3 is 0 Å². The van der Waals surface area contributed by atoms with Crippen molar-refractivity contribution < 1.29 is 0 Å². The van der Waals surface area contributed by atoms with Gasteiger partial charge in [0.15, 0.2) is 0 Å². The van der Waals surface area contributed by atoms with E-state index in [2.05, 4.69) is 74.6 Å². The largest absolute Gasteiger partial charge is 0.103 e. The molecule has 0 heterocycles. The van der Waals surface area contributed by atoms with E-state index in [0.717, 1.165) is 41.4 Å². The number of allylic oxidation sites excluding steroid dienone is 2. The van der Waals surface area contributed by atoms with Crippen molar-refractivity contribution in [3.63, 3.8) is 0 Å². The molecule has 0 aromatic carbocycles. The summed E-state index contributed by atoms with van der Waals surface area (Å²) in [6, 6.07) is 0. The van der Waals surface area contributed by atoms with Crippen LogP contribution in [0.1, 0.15) is 132 Å². The molecular formula is C34H60. The van der Waals surface area contributed by atoms with Crippen molar-refractivity contribution in [1.29, 1.82) is 0 Å². The molecular weight excluding hydrogens is 408 g/mol. The van der Waals surface area contributed by atoms with Crippen LogP contribution in [0.25, 0.3) is 0 Å². The van der Waals surface area contributed by atoms with Crippen molar-refractivity contribution in [2.75, 3.05) is 0 Å². The minimum absolute atomic E-state index is 0.399. The second kappa shape index (κ2) is 10.8. The summed E-state index contributed by atoms with van der Waals surface area (Å²) in [5.74, 6) is 6.22. The molecule has 8 atom stereocenters. The summed E-state index contributed by atoms with van der Waals surface area (Å²) in [5, 5.41) is 0. The third-order valence-corrected chi connectivity index (χ3v) is 11.0. The number of hydrogen-bond acceptors (Lipinski definition) is 0. The third kappa shape index (κ3) is 5.89. The van der Waals surface area contributed by atoms with Gasteiger partial charge in [-0.2, -0.15) is 0 Å². The van der Waals surface area contributed by atoms with Crippen LogP contribution < -0.4 is 0 Å². The van der Waals surface area contributed by atoms with Gasteiger partial charge in [-0.25, -0.2) is 0 Å². The summed E-state index contributed by atoms with van der Waals surface area (Å²) >= 11 is 0. The summed E-state index contributed by atoms with van der Waals surface area (Å²) in [6.45, 7) is 28.5. The van der Waals surface area contributed by atoms with Gasteiger partial charge in [-0.05, 0) is 122 Å². The summed E-state index contributed by atoms with van der Waals surface area (Å²) < 4.78 is 0. The van der Waals surface area contributed by atoms with Gasteiger partial charge in [0.05, 0.1) is 0 Å². The van der Waals surface area contributed by atoms with Crippen LogP contribution in [0.5, 0.6) is 0 Å². The van der Waals surface area contributed by atoms with Gasteiger partial charge in [0.1, 0.15) is 0 Å². The van der Waals surface area contributed by atoms with E-state index < -0.39 is 0 Å². The van der Waals surface area contributed by atoms with Crippen molar-refractivity contribution in [1.82, 2.24) is 0 Å². The van der Waals surface area contributed by atoms with Crippen LogP contribution in [0.3, 0.4) is 0 Å². The van der Waals surface area contributed by atoms with Crippen LogP contribution in [-0.2, 0) is 0 Å². The van der Waals surface area contributed by atoms with Gasteiger partial charge in [0.25, 0.3) is 0 Å². The molecule has 3 aliphatic rings. The molecule has 3 fully saturated rings. The fourth-order valence-corrected chi connectivity index (χ4v) is 9.74. The average molecular weight is 469 g/mol. The molecule has 0 radical (unpaired) electrons. The predicted molar refractivity (Wildman–Crippen MR) is 152 cm³/mol. The van der Waals surface area contributed by atoms with E-state index in [1.807, 2.05) is 0 Å². The van der Waals surface area contributed by atoms with Crippen molar-refractivity contribution in [3.8, 4) is 0 Å². The second-order valence-electron chi connectivity index (χ2n) is 15.4. The molecule has 8 unspecified atom stereocenters. The SMILES string of the molecule is C=CCC1CC(CC(C)(C)C)C2C3CCC(CCCCC(C)C)C3(C)CCC2C1(C)CC(=C)C. The molecule has 0 amide bonds. The first kappa shape index (κ1) is 28.1. The Bertz CT molecular complexity index is 691. The van der Waals surface area contributed by atoms with E-state index >= 15 is 0 Å². The van der Waals surface area contributed by atoms with Crippen LogP contribution >= 0.6 is 0 Å². The summed E-state index contributed by atoms with van der Waals surface area (Å²) in [4.78, 5) is 0. The molecule has 0 spiro atoms. The van der Waals surface area contributed by atoms with Crippen molar-refractivity contribution >= 4 is 0 Å². The van der Waals surface area contributed by atoms with E-state index in [1.54, 1.807) is 0 Å². The highest BCUT2D eigenvalue weighted by Crippen LogP contribution is 2.69. The number of rotatable bonds is 10. The van der Waals surface area contributed by atoms with Crippen LogP contribution in [0.2, 0.25) is 0 Å². The molecule has 0 nitrogen and oxygen atoms in total. The Morgan fingerprint density at radius 3 is 2.32 bits per heavy atom. The predicted octanol–water partition coefficient (Wildman–Crippen LogP) is 10.9. The zero-order valence-electron chi connectivity index (χ0n) is 24.5. The van der Waals surface area contributed by atoms with E-state index in [-0.39, 0.29) is 0 Å². The summed E-state index contributed by atoms with van der Waals surface area (Å²) in [6.07, 6.45) is 19.2. The quantitative estimate of drug-likeness (QED) is 0.221. The molecule has 3 saturated carbocycles. The molecule has 196 valence electrons. The zero-order valence-corrected chi connectivity index (χ0v) is 24.5. The fourth-order valence-electron chi connectivity index (χ4n) is 9.74. The zero-order chi connectivity index (χ0) is 25.3. The Hall–Kier alpha value is -0.520. The lowest BCUT2D eigenvalue weighted by Crippen LogP contribution is -2.55. The minimum atomic E-state index is 0.399. The van der Waals surface area contributed by atoms with Gasteiger partial charge < -0.3 is 0 Å². The summed E-state index contributed by atoms with van der Waals surface area (Å²) in [5.41, 5.74) is 2.80. The van der Waals surface area contributed by atoms with Crippen molar-refractivity contribution in [2.24, 2.45) is 57.7 Å². The molecule has 3 rings (SSSR count).